The highest BCUT2D eigenvalue weighted by atomic mass is 35.5. The van der Waals surface area contributed by atoms with E-state index in [1.54, 1.807) is 11.3 Å². The van der Waals surface area contributed by atoms with Crippen LogP contribution in [-0.4, -0.2) is 43.8 Å². The highest BCUT2D eigenvalue weighted by Gasteiger charge is 2.19. The third-order valence-corrected chi connectivity index (χ3v) is 4.52. The van der Waals surface area contributed by atoms with E-state index < -0.39 is 0 Å². The average molecular weight is 289 g/mol. The first-order valence-corrected chi connectivity index (χ1v) is 7.76. The summed E-state index contributed by atoms with van der Waals surface area (Å²) >= 11 is 7.53. The van der Waals surface area contributed by atoms with E-state index in [0.717, 1.165) is 37.1 Å². The smallest absolute Gasteiger partial charge is 0.0931 e. The van der Waals surface area contributed by atoms with Gasteiger partial charge in [0.25, 0.3) is 0 Å². The first-order chi connectivity index (χ1) is 8.69. The van der Waals surface area contributed by atoms with Gasteiger partial charge in [-0.05, 0) is 30.5 Å². The van der Waals surface area contributed by atoms with Gasteiger partial charge in [0.05, 0.1) is 17.0 Å². The van der Waals surface area contributed by atoms with Crippen molar-refractivity contribution in [3.63, 3.8) is 0 Å². The number of morpholine rings is 1. The lowest BCUT2D eigenvalue weighted by atomic mass is 10.1. The monoisotopic (exact) mass is 288 g/mol. The van der Waals surface area contributed by atoms with Gasteiger partial charge in [-0.2, -0.15) is 0 Å². The van der Waals surface area contributed by atoms with Crippen molar-refractivity contribution in [1.29, 1.82) is 0 Å². The Labute approximate surface area is 118 Å². The molecule has 0 spiro atoms. The first-order valence-electron chi connectivity index (χ1n) is 6.50. The summed E-state index contributed by atoms with van der Waals surface area (Å²) in [7, 11) is 0. The molecule has 3 nitrogen and oxygen atoms in total. The zero-order valence-corrected chi connectivity index (χ0v) is 12.6. The minimum atomic E-state index is 0.301. The van der Waals surface area contributed by atoms with Crippen molar-refractivity contribution in [3.8, 4) is 0 Å². The third kappa shape index (κ3) is 3.93. The molecule has 5 heteroatoms. The van der Waals surface area contributed by atoms with E-state index in [9.17, 15) is 0 Å². The number of nitrogens with one attached hydrogen (secondary N) is 1. The second kappa shape index (κ2) is 6.87. The second-order valence-corrected chi connectivity index (χ2v) is 6.24. The van der Waals surface area contributed by atoms with Gasteiger partial charge in [0, 0.05) is 25.7 Å². The number of hydrogen-bond donors (Lipinski definition) is 1. The molecule has 2 atom stereocenters. The van der Waals surface area contributed by atoms with Gasteiger partial charge in [0.1, 0.15) is 0 Å². The Morgan fingerprint density at radius 1 is 1.67 bits per heavy atom. The summed E-state index contributed by atoms with van der Waals surface area (Å²) in [5, 5.41) is 5.63. The highest BCUT2D eigenvalue weighted by molar-refractivity contribution is 7.14. The van der Waals surface area contributed by atoms with Crippen LogP contribution in [0.4, 0.5) is 0 Å². The Hall–Kier alpha value is -0.130. The molecule has 0 bridgehead atoms. The maximum Gasteiger partial charge on any atom is 0.0931 e. The number of halogens is 1. The van der Waals surface area contributed by atoms with E-state index in [4.69, 9.17) is 16.3 Å². The molecule has 1 N–H and O–H groups in total. The number of rotatable bonds is 5. The molecule has 2 unspecified atom stereocenters. The summed E-state index contributed by atoms with van der Waals surface area (Å²) in [4.78, 5) is 2.43. The van der Waals surface area contributed by atoms with Gasteiger partial charge in [-0.3, -0.25) is 4.90 Å². The Morgan fingerprint density at radius 2 is 2.50 bits per heavy atom. The van der Waals surface area contributed by atoms with Crippen molar-refractivity contribution in [3.05, 3.63) is 21.3 Å². The molecule has 0 amide bonds. The van der Waals surface area contributed by atoms with Gasteiger partial charge in [0.2, 0.25) is 0 Å². The average Bonchev–Trinajstić information content (AvgIpc) is 2.83. The molecule has 1 fully saturated rings. The Balaban J connectivity index is 1.77. The lowest BCUT2D eigenvalue weighted by Crippen LogP contribution is -2.46. The molecule has 0 aromatic carbocycles. The van der Waals surface area contributed by atoms with Crippen LogP contribution in [0.5, 0.6) is 0 Å². The van der Waals surface area contributed by atoms with Crippen LogP contribution in [0.2, 0.25) is 4.34 Å². The molecule has 1 aromatic heterocycles. The van der Waals surface area contributed by atoms with Gasteiger partial charge in [-0.1, -0.05) is 18.5 Å². The minimum Gasteiger partial charge on any atom is -0.374 e. The van der Waals surface area contributed by atoms with E-state index in [1.165, 1.54) is 5.56 Å². The zero-order chi connectivity index (χ0) is 13.0. The molecule has 2 heterocycles. The molecule has 1 aromatic rings. The first kappa shape index (κ1) is 14.3. The number of hydrogen-bond acceptors (Lipinski definition) is 4. The number of likely N-dealkylation sites (N-methyl/N-ethyl adjacent to an activating group) is 1. The van der Waals surface area contributed by atoms with Crippen molar-refractivity contribution in [2.75, 3.05) is 32.8 Å². The minimum absolute atomic E-state index is 0.301. The van der Waals surface area contributed by atoms with Crippen LogP contribution in [0.15, 0.2) is 11.4 Å². The molecule has 1 aliphatic rings. The van der Waals surface area contributed by atoms with Crippen molar-refractivity contribution in [2.24, 2.45) is 0 Å². The molecule has 1 aliphatic heterocycles. The SMILES string of the molecule is CCN1CCOC(CNC(C)c2csc(Cl)c2)C1. The van der Waals surface area contributed by atoms with E-state index in [0.29, 0.717) is 12.1 Å². The Kier molecular flexibility index (Phi) is 5.45. The summed E-state index contributed by atoms with van der Waals surface area (Å²) in [6, 6.07) is 2.36. The maximum atomic E-state index is 5.95. The van der Waals surface area contributed by atoms with Gasteiger partial charge in [0.15, 0.2) is 0 Å². The molecule has 2 rings (SSSR count). The van der Waals surface area contributed by atoms with E-state index >= 15 is 0 Å². The number of nitrogens with zero attached hydrogens (tertiary/aromatic N) is 1. The molecule has 1 saturated heterocycles. The van der Waals surface area contributed by atoms with Gasteiger partial charge in [-0.15, -0.1) is 11.3 Å². The van der Waals surface area contributed by atoms with E-state index in [1.807, 2.05) is 6.07 Å². The summed E-state index contributed by atoms with van der Waals surface area (Å²) in [6.45, 7) is 9.30. The molecule has 102 valence electrons. The largest absolute Gasteiger partial charge is 0.374 e. The third-order valence-electron chi connectivity index (χ3n) is 3.41. The topological polar surface area (TPSA) is 24.5 Å². The van der Waals surface area contributed by atoms with Crippen LogP contribution in [0.3, 0.4) is 0 Å². The van der Waals surface area contributed by atoms with Crippen LogP contribution >= 0.6 is 22.9 Å². The van der Waals surface area contributed by atoms with Crippen LogP contribution in [-0.2, 0) is 4.74 Å². The quantitative estimate of drug-likeness (QED) is 0.902. The summed E-state index contributed by atoms with van der Waals surface area (Å²) in [5.41, 5.74) is 1.26. The second-order valence-electron chi connectivity index (χ2n) is 4.70. The standard InChI is InChI=1S/C13H21ClN2OS/c1-3-16-4-5-17-12(8-16)7-15-10(2)11-6-13(14)18-9-11/h6,9-10,12,15H,3-5,7-8H2,1-2H3. The van der Waals surface area contributed by atoms with Crippen LogP contribution in [0.1, 0.15) is 25.5 Å². The van der Waals surface area contributed by atoms with Crippen LogP contribution in [0, 0.1) is 0 Å². The molecular weight excluding hydrogens is 268 g/mol. The van der Waals surface area contributed by atoms with Crippen LogP contribution in [0.25, 0.3) is 0 Å². The molecule has 0 aliphatic carbocycles. The fraction of sp³-hybridized carbons (Fsp3) is 0.692. The zero-order valence-electron chi connectivity index (χ0n) is 11.0. The van der Waals surface area contributed by atoms with Gasteiger partial charge >= 0.3 is 0 Å². The molecule has 18 heavy (non-hydrogen) atoms. The Bertz CT molecular complexity index is 372. The van der Waals surface area contributed by atoms with Crippen molar-refractivity contribution >= 4 is 22.9 Å². The molecule has 0 radical (unpaired) electrons. The highest BCUT2D eigenvalue weighted by Crippen LogP contribution is 2.24. The van der Waals surface area contributed by atoms with E-state index in [2.05, 4.69) is 29.4 Å². The lowest BCUT2D eigenvalue weighted by molar-refractivity contribution is -0.0261. The summed E-state index contributed by atoms with van der Waals surface area (Å²) < 4.78 is 6.63. The predicted molar refractivity (Wildman–Crippen MR) is 77.6 cm³/mol. The van der Waals surface area contributed by atoms with Crippen LogP contribution < -0.4 is 5.32 Å². The lowest BCUT2D eigenvalue weighted by Gasteiger charge is -2.32. The fourth-order valence-corrected chi connectivity index (χ4v) is 3.15. The summed E-state index contributed by atoms with van der Waals surface area (Å²) in [5.74, 6) is 0. The van der Waals surface area contributed by atoms with Crippen molar-refractivity contribution in [1.82, 2.24) is 10.2 Å². The van der Waals surface area contributed by atoms with Gasteiger partial charge in [-0.25, -0.2) is 0 Å². The predicted octanol–water partition coefficient (Wildman–Crippen LogP) is 2.77. The number of thiophene rings is 1. The molecular formula is C13H21ClN2OS. The van der Waals surface area contributed by atoms with Crippen molar-refractivity contribution in [2.45, 2.75) is 26.0 Å². The van der Waals surface area contributed by atoms with Gasteiger partial charge < -0.3 is 10.1 Å². The fourth-order valence-electron chi connectivity index (χ4n) is 2.17. The molecule has 0 saturated carbocycles. The number of ether oxygens (including phenoxy) is 1. The summed E-state index contributed by atoms with van der Waals surface area (Å²) in [6.07, 6.45) is 0.301. The van der Waals surface area contributed by atoms with Crippen molar-refractivity contribution < 1.29 is 4.74 Å². The maximum absolute atomic E-state index is 5.95. The van der Waals surface area contributed by atoms with E-state index in [-0.39, 0.29) is 0 Å². The normalized spacial score (nSPS) is 23.2. The Morgan fingerprint density at radius 3 is 3.17 bits per heavy atom.